The first-order valence-electron chi connectivity index (χ1n) is 9.01. The first kappa shape index (κ1) is 20.7. The number of ether oxygens (including phenoxy) is 2. The average Bonchev–Trinajstić information content (AvgIpc) is 3.00. The van der Waals surface area contributed by atoms with Crippen LogP contribution < -0.4 is 14.8 Å². The van der Waals surface area contributed by atoms with Gasteiger partial charge in [-0.1, -0.05) is 24.3 Å². The van der Waals surface area contributed by atoms with Crippen LogP contribution in [0.15, 0.2) is 60.8 Å². The molecule has 2 aromatic carbocycles. The molecule has 1 aliphatic heterocycles. The Morgan fingerprint density at radius 1 is 1.20 bits per heavy atom. The van der Waals surface area contributed by atoms with Gasteiger partial charge in [0.1, 0.15) is 12.3 Å². The van der Waals surface area contributed by atoms with E-state index in [-0.39, 0.29) is 24.4 Å². The van der Waals surface area contributed by atoms with E-state index in [2.05, 4.69) is 11.9 Å². The average molecular weight is 408 g/mol. The molecule has 0 atom stereocenters. The number of nitrogens with zero attached hydrogens (tertiary/aromatic N) is 1. The Bertz CT molecular complexity index is 1040. The van der Waals surface area contributed by atoms with Crippen LogP contribution in [0.1, 0.15) is 21.5 Å². The summed E-state index contributed by atoms with van der Waals surface area (Å²) >= 11 is 0. The molecule has 0 aliphatic carbocycles. The summed E-state index contributed by atoms with van der Waals surface area (Å²) in [7, 11) is 1.48. The van der Waals surface area contributed by atoms with Gasteiger partial charge in [-0.05, 0) is 41.5 Å². The van der Waals surface area contributed by atoms with Gasteiger partial charge in [-0.2, -0.15) is 0 Å². The number of nitrogens with one attached hydrogen (secondary N) is 1. The number of amides is 3. The number of urea groups is 1. The summed E-state index contributed by atoms with van der Waals surface area (Å²) in [4.78, 5) is 36.3. The monoisotopic (exact) mass is 408 g/mol. The third-order valence-corrected chi connectivity index (χ3v) is 4.34. The van der Waals surface area contributed by atoms with Gasteiger partial charge in [-0.25, -0.2) is 9.59 Å². The maximum Gasteiger partial charge on any atom is 0.335 e. The molecule has 3 amide bonds. The van der Waals surface area contributed by atoms with Crippen LogP contribution in [-0.4, -0.2) is 41.6 Å². The number of carboxylic acids is 1. The van der Waals surface area contributed by atoms with Crippen LogP contribution >= 0.6 is 0 Å². The zero-order chi connectivity index (χ0) is 21.7. The fraction of sp³-hybridized carbons (Fsp3) is 0.136. The molecule has 1 heterocycles. The molecule has 0 spiro atoms. The summed E-state index contributed by atoms with van der Waals surface area (Å²) in [6, 6.07) is 11.0. The van der Waals surface area contributed by atoms with Crippen LogP contribution in [0.3, 0.4) is 0 Å². The number of carbonyl (C=O) groups excluding carboxylic acids is 2. The van der Waals surface area contributed by atoms with Gasteiger partial charge >= 0.3 is 12.0 Å². The summed E-state index contributed by atoms with van der Waals surface area (Å²) in [6.45, 7) is 3.82. The minimum atomic E-state index is -1.01. The zero-order valence-corrected chi connectivity index (χ0v) is 16.3. The molecule has 0 saturated carbocycles. The van der Waals surface area contributed by atoms with Crippen molar-refractivity contribution in [2.24, 2.45) is 0 Å². The van der Waals surface area contributed by atoms with Crippen molar-refractivity contribution in [1.82, 2.24) is 10.2 Å². The van der Waals surface area contributed by atoms with Crippen molar-refractivity contribution in [3.05, 3.63) is 77.5 Å². The number of imide groups is 1. The Kier molecular flexibility index (Phi) is 6.17. The van der Waals surface area contributed by atoms with Crippen LogP contribution in [0.4, 0.5) is 4.79 Å². The van der Waals surface area contributed by atoms with E-state index in [1.54, 1.807) is 36.4 Å². The van der Waals surface area contributed by atoms with Crippen molar-refractivity contribution in [2.45, 2.75) is 6.61 Å². The quantitative estimate of drug-likeness (QED) is 0.395. The van der Waals surface area contributed by atoms with Crippen molar-refractivity contribution in [1.29, 1.82) is 0 Å². The minimum Gasteiger partial charge on any atom is -0.493 e. The predicted octanol–water partition coefficient (Wildman–Crippen LogP) is 3.05. The second kappa shape index (κ2) is 8.95. The van der Waals surface area contributed by atoms with Crippen LogP contribution in [0.2, 0.25) is 0 Å². The van der Waals surface area contributed by atoms with Gasteiger partial charge in [0.05, 0.1) is 12.7 Å². The lowest BCUT2D eigenvalue weighted by atomic mass is 10.1. The van der Waals surface area contributed by atoms with Crippen LogP contribution in [-0.2, 0) is 11.4 Å². The zero-order valence-electron chi connectivity index (χ0n) is 16.3. The normalized spacial score (nSPS) is 14.6. The first-order chi connectivity index (χ1) is 14.4. The van der Waals surface area contributed by atoms with Gasteiger partial charge in [0.2, 0.25) is 0 Å². The highest BCUT2D eigenvalue weighted by molar-refractivity contribution is 6.14. The second-order valence-electron chi connectivity index (χ2n) is 6.40. The molecule has 0 bridgehead atoms. The number of hydrogen-bond donors (Lipinski definition) is 2. The molecule has 8 heteroatoms. The standard InChI is InChI=1S/C22H20N2O6/c1-3-9-24-20(25)17(23-22(24)28)11-14-7-8-18(19(12-14)29-2)30-13-15-5-4-6-16(10-15)21(26)27/h3-8,10-12H,1,9,13H2,2H3,(H,23,28)(H,26,27). The molecule has 1 fully saturated rings. The molecular weight excluding hydrogens is 388 g/mol. The summed E-state index contributed by atoms with van der Waals surface area (Å²) in [5.74, 6) is -0.557. The summed E-state index contributed by atoms with van der Waals surface area (Å²) in [5, 5.41) is 11.6. The Balaban J connectivity index is 1.76. The number of rotatable bonds is 8. The number of methoxy groups -OCH3 is 1. The van der Waals surface area contributed by atoms with Gasteiger partial charge in [0.25, 0.3) is 5.91 Å². The molecular formula is C22H20N2O6. The molecule has 8 nitrogen and oxygen atoms in total. The van der Waals surface area contributed by atoms with Gasteiger partial charge in [-0.3, -0.25) is 9.69 Å². The van der Waals surface area contributed by atoms with Crippen LogP contribution in [0.5, 0.6) is 11.5 Å². The third kappa shape index (κ3) is 4.49. The molecule has 0 radical (unpaired) electrons. The highest BCUT2D eigenvalue weighted by Gasteiger charge is 2.32. The van der Waals surface area contributed by atoms with Crippen LogP contribution in [0.25, 0.3) is 6.08 Å². The van der Waals surface area contributed by atoms with Crippen molar-refractivity contribution in [2.75, 3.05) is 13.7 Å². The molecule has 0 aromatic heterocycles. The predicted molar refractivity (Wildman–Crippen MR) is 109 cm³/mol. The maximum atomic E-state index is 12.3. The fourth-order valence-electron chi connectivity index (χ4n) is 2.88. The van der Waals surface area contributed by atoms with Gasteiger partial charge in [-0.15, -0.1) is 6.58 Å². The molecule has 2 N–H and O–H groups in total. The molecule has 3 rings (SSSR count). The summed E-state index contributed by atoms with van der Waals surface area (Å²) in [5.41, 5.74) is 1.67. The number of hydrogen-bond acceptors (Lipinski definition) is 5. The van der Waals surface area contributed by atoms with Gasteiger partial charge in [0, 0.05) is 6.54 Å². The second-order valence-corrected chi connectivity index (χ2v) is 6.40. The van der Waals surface area contributed by atoms with Gasteiger partial charge < -0.3 is 19.9 Å². The molecule has 30 heavy (non-hydrogen) atoms. The number of carbonyl (C=O) groups is 3. The van der Waals surface area contributed by atoms with E-state index < -0.39 is 17.9 Å². The van der Waals surface area contributed by atoms with Crippen molar-refractivity contribution < 1.29 is 29.0 Å². The highest BCUT2D eigenvalue weighted by Crippen LogP contribution is 2.30. The van der Waals surface area contributed by atoms with E-state index in [0.717, 1.165) is 4.90 Å². The maximum absolute atomic E-state index is 12.3. The molecule has 1 aliphatic rings. The number of benzene rings is 2. The Hall–Kier alpha value is -4.07. The van der Waals surface area contributed by atoms with Crippen molar-refractivity contribution in [3.63, 3.8) is 0 Å². The summed E-state index contributed by atoms with van der Waals surface area (Å²) < 4.78 is 11.1. The lowest BCUT2D eigenvalue weighted by molar-refractivity contribution is -0.122. The Labute approximate surface area is 173 Å². The molecule has 2 aromatic rings. The molecule has 1 saturated heterocycles. The van der Waals surface area contributed by atoms with Gasteiger partial charge in [0.15, 0.2) is 11.5 Å². The fourth-order valence-corrected chi connectivity index (χ4v) is 2.88. The van der Waals surface area contributed by atoms with E-state index in [1.807, 2.05) is 0 Å². The van der Waals surface area contributed by atoms with Crippen molar-refractivity contribution >= 4 is 24.0 Å². The third-order valence-electron chi connectivity index (χ3n) is 4.34. The largest absolute Gasteiger partial charge is 0.493 e. The molecule has 154 valence electrons. The van der Waals surface area contributed by atoms with E-state index in [1.165, 1.54) is 25.3 Å². The van der Waals surface area contributed by atoms with Crippen molar-refractivity contribution in [3.8, 4) is 11.5 Å². The number of carboxylic acid groups (broad SMARTS) is 1. The first-order valence-corrected chi connectivity index (χ1v) is 9.01. The molecule has 0 unspecified atom stereocenters. The Morgan fingerprint density at radius 3 is 2.70 bits per heavy atom. The smallest absolute Gasteiger partial charge is 0.335 e. The van der Waals surface area contributed by atoms with Crippen LogP contribution in [0, 0.1) is 0 Å². The van der Waals surface area contributed by atoms with E-state index in [9.17, 15) is 14.4 Å². The summed E-state index contributed by atoms with van der Waals surface area (Å²) in [6.07, 6.45) is 3.02. The van der Waals surface area contributed by atoms with E-state index >= 15 is 0 Å². The lowest BCUT2D eigenvalue weighted by Crippen LogP contribution is -2.30. The van der Waals surface area contributed by atoms with E-state index in [4.69, 9.17) is 14.6 Å². The Morgan fingerprint density at radius 2 is 2.00 bits per heavy atom. The topological polar surface area (TPSA) is 105 Å². The number of aromatic carboxylic acids is 1. The minimum absolute atomic E-state index is 0.126. The SMILES string of the molecule is C=CCN1C(=O)NC(=Cc2ccc(OCc3cccc(C(=O)O)c3)c(OC)c2)C1=O. The lowest BCUT2D eigenvalue weighted by Gasteiger charge is -2.12. The highest BCUT2D eigenvalue weighted by atomic mass is 16.5. The van der Waals surface area contributed by atoms with E-state index in [0.29, 0.717) is 22.6 Å².